The van der Waals surface area contributed by atoms with Crippen molar-refractivity contribution < 1.29 is 0 Å². The fourth-order valence-electron chi connectivity index (χ4n) is 15.0. The number of nitrogens with zero attached hydrogens (tertiary/aromatic N) is 2. The molecular weight excluding hydrogens is 1030 g/mol. The van der Waals surface area contributed by atoms with Gasteiger partial charge in [-0.25, -0.2) is 9.97 Å². The van der Waals surface area contributed by atoms with E-state index in [-0.39, 0.29) is 10.8 Å². The third kappa shape index (κ3) is 9.74. The summed E-state index contributed by atoms with van der Waals surface area (Å²) < 4.78 is 0. The molecular formula is C78H80N2S2. The lowest BCUT2D eigenvalue weighted by Gasteiger charge is -2.33. The fraction of sp³-hybridized carbons (Fsp3) is 0.333. The topological polar surface area (TPSA) is 25.8 Å². The van der Waals surface area contributed by atoms with Crippen LogP contribution in [0.3, 0.4) is 0 Å². The van der Waals surface area contributed by atoms with E-state index in [1.807, 2.05) is 22.7 Å². The second-order valence-corrected chi connectivity index (χ2v) is 26.4. The Bertz CT molecular complexity index is 3810. The Morgan fingerprint density at radius 2 is 0.610 bits per heavy atom. The monoisotopic (exact) mass is 1110 g/mol. The molecule has 0 radical (unpaired) electrons. The standard InChI is InChI=1S/C78H80N2S2/c1-5-9-13-25-47-77(48-26-14-10-6-2)65-35-23-21-31-57(65)59-39-37-53(51-67(59)77)69-43-45-71(81-69)63-41-42-64(76-75(63)79-73-61-33-19-17-29-55(61)56-30-18-20-34-62(56)74(73)80-76)72-46-44-70(82-72)54-38-40-60-58-32-22-24-36-66(58)78(68(60)52-54,49-27-15-11-7-3)50-28-16-12-8-4/h17-24,29-46,51-52H,5-16,25-28,47-50H2,1-4H3. The molecule has 0 aliphatic heterocycles. The molecule has 2 aliphatic rings. The number of fused-ring (bicyclic) bond motifs is 13. The van der Waals surface area contributed by atoms with Crippen LogP contribution < -0.4 is 0 Å². The van der Waals surface area contributed by atoms with Gasteiger partial charge in [-0.2, -0.15) is 0 Å². The molecule has 8 aromatic carbocycles. The van der Waals surface area contributed by atoms with E-state index < -0.39 is 0 Å². The zero-order valence-corrected chi connectivity index (χ0v) is 50.7. The van der Waals surface area contributed by atoms with Crippen molar-refractivity contribution in [1.82, 2.24) is 9.97 Å². The molecule has 414 valence electrons. The molecule has 0 fully saturated rings. The summed E-state index contributed by atoms with van der Waals surface area (Å²) in [5.74, 6) is 0. The predicted molar refractivity (Wildman–Crippen MR) is 357 cm³/mol. The Morgan fingerprint density at radius 3 is 1.00 bits per heavy atom. The maximum Gasteiger partial charge on any atom is 0.0988 e. The van der Waals surface area contributed by atoms with Crippen LogP contribution in [0.25, 0.3) is 108 Å². The molecule has 0 N–H and O–H groups in total. The number of aromatic nitrogens is 2. The highest BCUT2D eigenvalue weighted by atomic mass is 32.1. The summed E-state index contributed by atoms with van der Waals surface area (Å²) in [4.78, 5) is 16.7. The zero-order chi connectivity index (χ0) is 55.6. The van der Waals surface area contributed by atoms with E-state index in [9.17, 15) is 0 Å². The normalized spacial score (nSPS) is 13.8. The second-order valence-electron chi connectivity index (χ2n) is 24.2. The number of hydrogen-bond acceptors (Lipinski definition) is 4. The van der Waals surface area contributed by atoms with Crippen molar-refractivity contribution in [2.75, 3.05) is 0 Å². The van der Waals surface area contributed by atoms with Crippen LogP contribution in [0.1, 0.15) is 178 Å². The quantitative estimate of drug-likeness (QED) is 0.0342. The van der Waals surface area contributed by atoms with E-state index in [0.29, 0.717) is 0 Å². The lowest BCUT2D eigenvalue weighted by atomic mass is 9.70. The molecule has 4 heteroatoms. The van der Waals surface area contributed by atoms with E-state index in [0.717, 1.165) is 44.0 Å². The third-order valence-electron chi connectivity index (χ3n) is 19.2. The Labute approximate surface area is 496 Å². The lowest BCUT2D eigenvalue weighted by molar-refractivity contribution is 0.401. The third-order valence-corrected chi connectivity index (χ3v) is 21.5. The smallest absolute Gasteiger partial charge is 0.0988 e. The molecule has 82 heavy (non-hydrogen) atoms. The summed E-state index contributed by atoms with van der Waals surface area (Å²) in [6.07, 6.45) is 25.4. The zero-order valence-electron chi connectivity index (χ0n) is 49.0. The minimum Gasteiger partial charge on any atom is -0.243 e. The highest BCUT2D eigenvalue weighted by Crippen LogP contribution is 2.57. The Balaban J connectivity index is 0.923. The SMILES string of the molecule is CCCCCCC1(CCCCCC)c2ccccc2-c2ccc(-c3ccc(-c4ccc(-c5ccc(-c6ccc7c(c6)C(CCCCCC)(CCCCCC)c6ccccc6-7)s5)c5nc6c7ccccc7c7ccccc7c6nc45)s3)cc21. The van der Waals surface area contributed by atoms with Crippen molar-refractivity contribution >= 4 is 66.3 Å². The first-order valence-electron chi connectivity index (χ1n) is 31.7. The van der Waals surface area contributed by atoms with Gasteiger partial charge in [-0.3, -0.25) is 0 Å². The summed E-state index contributed by atoms with van der Waals surface area (Å²) in [6.45, 7) is 9.33. The molecule has 0 unspecified atom stereocenters. The van der Waals surface area contributed by atoms with Crippen LogP contribution >= 0.6 is 22.7 Å². The summed E-state index contributed by atoms with van der Waals surface area (Å²) in [5.41, 5.74) is 20.8. The van der Waals surface area contributed by atoms with Gasteiger partial charge >= 0.3 is 0 Å². The van der Waals surface area contributed by atoms with Crippen molar-refractivity contribution in [2.24, 2.45) is 0 Å². The van der Waals surface area contributed by atoms with E-state index >= 15 is 0 Å². The minimum absolute atomic E-state index is 0.0412. The van der Waals surface area contributed by atoms with Crippen LogP contribution in [0.4, 0.5) is 0 Å². The number of unbranched alkanes of at least 4 members (excludes halogenated alkanes) is 12. The molecule has 0 spiro atoms. The minimum atomic E-state index is 0.0412. The van der Waals surface area contributed by atoms with Gasteiger partial charge in [0.1, 0.15) is 0 Å². The first kappa shape index (κ1) is 54.5. The van der Waals surface area contributed by atoms with Crippen LogP contribution in [0.2, 0.25) is 0 Å². The number of hydrogen-bond donors (Lipinski definition) is 0. The largest absolute Gasteiger partial charge is 0.243 e. The van der Waals surface area contributed by atoms with Crippen LogP contribution in [0.5, 0.6) is 0 Å². The molecule has 3 heterocycles. The molecule has 0 saturated heterocycles. The molecule has 0 saturated carbocycles. The van der Waals surface area contributed by atoms with Crippen LogP contribution in [0, 0.1) is 0 Å². The predicted octanol–water partition coefficient (Wildman–Crippen LogP) is 24.3. The first-order chi connectivity index (χ1) is 40.5. The van der Waals surface area contributed by atoms with Gasteiger partial charge in [-0.15, -0.1) is 22.7 Å². The second kappa shape index (κ2) is 23.9. The van der Waals surface area contributed by atoms with E-state index in [2.05, 4.69) is 198 Å². The van der Waals surface area contributed by atoms with Crippen molar-refractivity contribution in [3.63, 3.8) is 0 Å². The first-order valence-corrected chi connectivity index (χ1v) is 33.4. The van der Waals surface area contributed by atoms with Gasteiger partial charge in [0.2, 0.25) is 0 Å². The van der Waals surface area contributed by atoms with Gasteiger partial charge in [0.05, 0.1) is 22.1 Å². The van der Waals surface area contributed by atoms with Gasteiger partial charge < -0.3 is 0 Å². The van der Waals surface area contributed by atoms with Crippen molar-refractivity contribution in [3.8, 4) is 64.0 Å². The summed E-state index contributed by atoms with van der Waals surface area (Å²) in [5, 5.41) is 4.72. The maximum absolute atomic E-state index is 5.83. The van der Waals surface area contributed by atoms with Gasteiger partial charge in [-0.1, -0.05) is 264 Å². The molecule has 0 amide bonds. The molecule has 3 aromatic heterocycles. The highest BCUT2D eigenvalue weighted by molar-refractivity contribution is 7.19. The molecule has 13 rings (SSSR count). The highest BCUT2D eigenvalue weighted by Gasteiger charge is 2.44. The molecule has 0 atom stereocenters. The fourth-order valence-corrected chi connectivity index (χ4v) is 17.0. The Kier molecular flexibility index (Phi) is 15.9. The molecule has 11 aromatic rings. The van der Waals surface area contributed by atoms with Crippen LogP contribution in [-0.2, 0) is 10.8 Å². The summed E-state index contributed by atoms with van der Waals surface area (Å²) >= 11 is 3.80. The summed E-state index contributed by atoms with van der Waals surface area (Å²) in [7, 11) is 0. The lowest BCUT2D eigenvalue weighted by Crippen LogP contribution is -2.25. The van der Waals surface area contributed by atoms with Crippen molar-refractivity contribution in [1.29, 1.82) is 0 Å². The average Bonchev–Trinajstić information content (AvgIpc) is 2.04. The van der Waals surface area contributed by atoms with E-state index in [4.69, 9.17) is 9.97 Å². The Hall–Kier alpha value is -6.72. The van der Waals surface area contributed by atoms with E-state index in [1.54, 1.807) is 22.3 Å². The maximum atomic E-state index is 5.83. The number of thiophene rings is 2. The number of rotatable bonds is 24. The van der Waals surface area contributed by atoms with Crippen molar-refractivity contribution in [3.05, 3.63) is 192 Å². The van der Waals surface area contributed by atoms with Crippen molar-refractivity contribution in [2.45, 2.75) is 167 Å². The average molecular weight is 1110 g/mol. The molecule has 0 bridgehead atoms. The summed E-state index contributed by atoms with van der Waals surface area (Å²) in [6, 6.07) is 65.4. The van der Waals surface area contributed by atoms with Crippen LogP contribution in [-0.4, -0.2) is 9.97 Å². The van der Waals surface area contributed by atoms with Gasteiger partial charge in [-0.05, 0) is 128 Å². The number of benzene rings is 8. The van der Waals surface area contributed by atoms with Gasteiger partial charge in [0.25, 0.3) is 0 Å². The molecule has 2 nitrogen and oxygen atoms in total. The van der Waals surface area contributed by atoms with Gasteiger partial charge in [0.15, 0.2) is 0 Å². The van der Waals surface area contributed by atoms with Gasteiger partial charge in [0, 0.05) is 52.2 Å². The molecule has 2 aliphatic carbocycles. The van der Waals surface area contributed by atoms with E-state index in [1.165, 1.54) is 192 Å². The van der Waals surface area contributed by atoms with Crippen LogP contribution in [0.15, 0.2) is 170 Å². The Morgan fingerprint density at radius 1 is 0.280 bits per heavy atom.